The smallest absolute Gasteiger partial charge is 0.297 e. The Kier molecular flexibility index (Phi) is 24.0. The number of aliphatic hydroxyl groups is 1. The molecule has 28 nitrogen and oxygen atoms in total. The quantitative estimate of drug-likeness (QED) is 0.00572. The summed E-state index contributed by atoms with van der Waals surface area (Å²) in [7, 11) is -7.81. The second kappa shape index (κ2) is 31.6. The molecular weight excluding hydrogens is 1330 g/mol. The van der Waals surface area contributed by atoms with Crippen LogP contribution in [0.3, 0.4) is 0 Å². The van der Waals surface area contributed by atoms with Gasteiger partial charge in [-0.15, -0.1) is 43.1 Å². The van der Waals surface area contributed by atoms with Gasteiger partial charge in [0.05, 0.1) is 64.5 Å². The average molecular weight is 1380 g/mol. The van der Waals surface area contributed by atoms with Gasteiger partial charge in [-0.2, -0.15) is 42.3 Å². The van der Waals surface area contributed by atoms with Gasteiger partial charge in [-0.3, -0.25) is 28.3 Å². The lowest BCUT2D eigenvalue weighted by Gasteiger charge is -2.25. The molecule has 3 aromatic heterocycles. The number of nitrogens with zero attached hydrogens (tertiary/aromatic N) is 11. The Morgan fingerprint density at radius 1 is 0.638 bits per heavy atom. The van der Waals surface area contributed by atoms with E-state index in [0.717, 1.165) is 62.0 Å². The van der Waals surface area contributed by atoms with Gasteiger partial charge in [-0.1, -0.05) is 23.9 Å². The maximum atomic E-state index is 14.0. The van der Waals surface area contributed by atoms with Crippen LogP contribution in [-0.2, 0) is 39.4 Å². The van der Waals surface area contributed by atoms with Gasteiger partial charge in [0.2, 0.25) is 11.9 Å². The number of benzene rings is 4. The number of methoxy groups -OCH3 is 2. The highest BCUT2D eigenvalue weighted by atomic mass is 32.2. The van der Waals surface area contributed by atoms with Crippen molar-refractivity contribution in [2.45, 2.75) is 56.5 Å². The Hall–Kier alpha value is -9.98. The van der Waals surface area contributed by atoms with Crippen molar-refractivity contribution in [1.82, 2.24) is 15.0 Å². The number of thioether (sulfide) groups is 1. The molecule has 0 spiro atoms. The second-order valence-electron chi connectivity index (χ2n) is 19.2. The van der Waals surface area contributed by atoms with Gasteiger partial charge in [0.15, 0.2) is 26.7 Å². The van der Waals surface area contributed by atoms with E-state index < -0.39 is 107 Å². The predicted molar refractivity (Wildman–Crippen MR) is 351 cm³/mol. The zero-order valence-electron chi connectivity index (χ0n) is 51.0. The van der Waals surface area contributed by atoms with E-state index in [2.05, 4.69) is 56.7 Å². The number of Topliss-reactive ketones (excluding diaryl/α,β-unsaturated/α-hetero) is 2. The number of anilines is 8. The van der Waals surface area contributed by atoms with E-state index in [1.807, 2.05) is 37.5 Å². The first kappa shape index (κ1) is 71.5. The molecule has 490 valence electrons. The summed E-state index contributed by atoms with van der Waals surface area (Å²) in [6, 6.07) is 19.0. The fourth-order valence-corrected chi connectivity index (χ4v) is 13.7. The molecule has 0 atom stereocenters. The Balaban J connectivity index is 1.37. The molecule has 4 aromatic carbocycles. The highest BCUT2D eigenvalue weighted by Gasteiger charge is 2.31. The van der Waals surface area contributed by atoms with Crippen molar-refractivity contribution in [2.75, 3.05) is 83.8 Å². The third-order valence-electron chi connectivity index (χ3n) is 13.2. The summed E-state index contributed by atoms with van der Waals surface area (Å²) >= 11 is 1.95. The summed E-state index contributed by atoms with van der Waals surface area (Å²) in [5, 5.41) is 58.3. The van der Waals surface area contributed by atoms with Crippen LogP contribution in [0.5, 0.6) is 11.5 Å². The van der Waals surface area contributed by atoms with Crippen molar-refractivity contribution in [1.29, 1.82) is 10.5 Å². The molecule has 0 unspecified atom stereocenters. The lowest BCUT2D eigenvalue weighted by atomic mass is 10.1. The van der Waals surface area contributed by atoms with Crippen molar-refractivity contribution in [3.63, 3.8) is 0 Å². The molecule has 35 heteroatoms. The van der Waals surface area contributed by atoms with E-state index >= 15 is 0 Å². The zero-order valence-corrected chi connectivity index (χ0v) is 55.0. The largest absolute Gasteiger partial charge is 0.494 e. The number of nitrogens with one attached hydrogen (secondary N) is 4. The molecule has 0 radical (unpaired) electrons. The van der Waals surface area contributed by atoms with Crippen molar-refractivity contribution in [2.24, 2.45) is 20.5 Å². The van der Waals surface area contributed by atoms with Crippen molar-refractivity contribution in [3.05, 3.63) is 116 Å². The summed E-state index contributed by atoms with van der Waals surface area (Å²) in [5.41, 5.74) is -1.68. The normalized spacial score (nSPS) is 11.9. The van der Waals surface area contributed by atoms with Crippen LogP contribution in [0.15, 0.2) is 119 Å². The van der Waals surface area contributed by atoms with Crippen molar-refractivity contribution in [3.8, 4) is 23.6 Å². The number of thiophene rings is 2. The number of amides is 2. The van der Waals surface area contributed by atoms with Crippen LogP contribution in [0.4, 0.5) is 76.2 Å². The van der Waals surface area contributed by atoms with E-state index in [0.29, 0.717) is 60.2 Å². The van der Waals surface area contributed by atoms with Crippen LogP contribution in [-0.4, -0.2) is 122 Å². The monoisotopic (exact) mass is 1380 g/mol. The molecule has 0 saturated carbocycles. The third-order valence-corrected chi connectivity index (χ3v) is 18.2. The molecular formula is C59H57F2N15O13S5. The van der Waals surface area contributed by atoms with Crippen LogP contribution < -0.4 is 40.5 Å². The van der Waals surface area contributed by atoms with Gasteiger partial charge >= 0.3 is 0 Å². The SMILES string of the molecule is CCN(CC)c1cc(Nc2nc(Nc3cc(N(CC)CC)c(OC)cc3N=Nc3sc(/C=C(\C(C)=O)C(=O)Nc4cccc(F)c4)c(S(=O)(=O)O)c3C#N)nc(SCCO)n2)c(N=Nc2sc(/C=C(/C(C)=O)C(=O)Nc3cccc(F)c3)c(S(=O)(=O)O)c2C#N)cc1OC. The second-order valence-corrected chi connectivity index (χ2v) is 25.0. The molecule has 94 heavy (non-hydrogen) atoms. The highest BCUT2D eigenvalue weighted by molar-refractivity contribution is 7.99. The van der Waals surface area contributed by atoms with Crippen LogP contribution in [0.25, 0.3) is 12.2 Å². The van der Waals surface area contributed by atoms with Gasteiger partial charge in [-0.05, 0) is 102 Å². The Morgan fingerprint density at radius 2 is 1.03 bits per heavy atom. The Bertz CT molecular complexity index is 4280. The van der Waals surface area contributed by atoms with Crippen LogP contribution >= 0.6 is 34.4 Å². The molecule has 0 saturated heterocycles. The van der Waals surface area contributed by atoms with E-state index in [4.69, 9.17) is 9.47 Å². The summed E-state index contributed by atoms with van der Waals surface area (Å²) in [4.78, 5) is 67.5. The first-order valence-electron chi connectivity index (χ1n) is 27.7. The fraction of sp³-hybridized carbons (Fsp3) is 0.237. The molecule has 0 bridgehead atoms. The molecule has 3 heterocycles. The third kappa shape index (κ3) is 17.4. The Labute approximate surface area is 549 Å². The summed E-state index contributed by atoms with van der Waals surface area (Å²) in [6.07, 6.45) is 1.67. The van der Waals surface area contributed by atoms with Crippen molar-refractivity contribution >= 4 is 158 Å². The van der Waals surface area contributed by atoms with E-state index in [-0.39, 0.29) is 75.0 Å². The first-order chi connectivity index (χ1) is 44.7. The number of hydrogen-bond acceptors (Lipinski definition) is 27. The first-order valence-corrected chi connectivity index (χ1v) is 33.2. The maximum absolute atomic E-state index is 14.0. The molecule has 0 aliphatic heterocycles. The molecule has 7 aromatic rings. The molecule has 0 aliphatic rings. The minimum absolute atomic E-state index is 0.0330. The molecule has 0 fully saturated rings. The Morgan fingerprint density at radius 3 is 1.35 bits per heavy atom. The van der Waals surface area contributed by atoms with Crippen LogP contribution in [0.2, 0.25) is 0 Å². The van der Waals surface area contributed by atoms with Gasteiger partial charge in [0, 0.05) is 55.4 Å². The fourth-order valence-electron chi connectivity index (χ4n) is 8.87. The minimum atomic E-state index is -5.30. The zero-order chi connectivity index (χ0) is 68.8. The number of aromatic nitrogens is 3. The highest BCUT2D eigenvalue weighted by Crippen LogP contribution is 2.46. The maximum Gasteiger partial charge on any atom is 0.297 e. The van der Waals surface area contributed by atoms with E-state index in [1.54, 1.807) is 24.3 Å². The summed E-state index contributed by atoms with van der Waals surface area (Å²) in [6.45, 7) is 11.1. The standard InChI is InChI=1S/C59H57F2N15O13S5/c1-9-75(10-2)45-25-41(43(27-47(45)88-7)71-73-55-39(29-62)51(93(82,83)84)49(91-55)23-37(31(5)78)53(80)64-35-17-13-15-33(60)21-35)66-57-68-58(70-59(69-57)90-20-19-77)67-42-26-46(76(11-3)12-4)48(89-8)28-44(42)72-74-56-40(30-63)52(94(85,86)87)50(92-56)24-38(32(6)79)54(81)65-36-18-14-16-34(61)22-36/h13-18,21-28,77H,9-12,19-20H2,1-8H3,(H,64,80)(H,65,81)(H,82,83,84)(H,85,86,87)(H2,66,67,68,69,70)/b37-23-,38-24+,73-71?,74-72?. The number of rotatable bonds is 29. The van der Waals surface area contributed by atoms with Crippen molar-refractivity contribution < 1.29 is 68.5 Å². The number of aliphatic hydroxyl groups excluding tert-OH is 1. The molecule has 2 amide bonds. The molecule has 7 rings (SSSR count). The molecule has 7 N–H and O–H groups in total. The minimum Gasteiger partial charge on any atom is -0.494 e. The summed E-state index contributed by atoms with van der Waals surface area (Å²) in [5.74, 6) is -5.10. The number of ether oxygens (including phenoxy) is 2. The lowest BCUT2D eigenvalue weighted by molar-refractivity contribution is -0.120. The number of azo groups is 2. The lowest BCUT2D eigenvalue weighted by Crippen LogP contribution is -2.22. The number of hydrogen-bond donors (Lipinski definition) is 7. The number of halogens is 2. The number of nitriles is 2. The number of ketones is 2. The van der Waals surface area contributed by atoms with Gasteiger partial charge in [0.25, 0.3) is 32.1 Å². The van der Waals surface area contributed by atoms with Gasteiger partial charge in [0.1, 0.15) is 67.6 Å². The number of carbonyl (C=O) groups is 4. The van der Waals surface area contributed by atoms with E-state index in [1.165, 1.54) is 50.6 Å². The van der Waals surface area contributed by atoms with Gasteiger partial charge in [-0.25, -0.2) is 8.78 Å². The predicted octanol–water partition coefficient (Wildman–Crippen LogP) is 11.8. The van der Waals surface area contributed by atoms with E-state index in [9.17, 15) is 69.5 Å². The summed E-state index contributed by atoms with van der Waals surface area (Å²) < 4.78 is 113. The average Bonchev–Trinajstić information content (AvgIpc) is 1.58. The van der Waals surface area contributed by atoms with Crippen LogP contribution in [0, 0.1) is 34.3 Å². The number of carbonyl (C=O) groups excluding carboxylic acids is 4. The molecule has 0 aliphatic carbocycles. The van der Waals surface area contributed by atoms with Crippen LogP contribution in [0.1, 0.15) is 62.4 Å². The topological polar surface area (TPSA) is 406 Å². The van der Waals surface area contributed by atoms with Gasteiger partial charge < -0.3 is 45.6 Å².